The molecule has 3 heterocycles. The van der Waals surface area contributed by atoms with Gasteiger partial charge in [0.1, 0.15) is 24.4 Å². The highest BCUT2D eigenvalue weighted by atomic mass is 16.6. The molecule has 5 atom stereocenters. The molecule has 0 spiro atoms. The Bertz CT molecular complexity index is 1130. The van der Waals surface area contributed by atoms with Gasteiger partial charge in [-0.25, -0.2) is 4.79 Å². The fraction of sp³-hybridized carbons (Fsp3) is 0.519. The van der Waals surface area contributed by atoms with Gasteiger partial charge < -0.3 is 39.7 Å². The zero-order valence-electron chi connectivity index (χ0n) is 20.6. The van der Waals surface area contributed by atoms with Crippen molar-refractivity contribution in [2.75, 3.05) is 26.8 Å². The Labute approximate surface area is 214 Å². The lowest BCUT2D eigenvalue weighted by Gasteiger charge is -2.45. The summed E-state index contributed by atoms with van der Waals surface area (Å²) in [5.41, 5.74) is 1.49. The van der Waals surface area contributed by atoms with Crippen LogP contribution in [0.1, 0.15) is 46.0 Å². The number of phenolic OH excluding ortho intramolecular Hbond substituents is 2. The van der Waals surface area contributed by atoms with Crippen molar-refractivity contribution in [1.29, 1.82) is 0 Å². The van der Waals surface area contributed by atoms with Crippen molar-refractivity contribution in [1.82, 2.24) is 4.90 Å². The van der Waals surface area contributed by atoms with Gasteiger partial charge in [0.15, 0.2) is 17.6 Å². The zero-order chi connectivity index (χ0) is 26.3. The number of rotatable bonds is 6. The minimum atomic E-state index is -1.54. The summed E-state index contributed by atoms with van der Waals surface area (Å²) in [7, 11) is 1.29. The lowest BCUT2D eigenvalue weighted by Crippen LogP contribution is -2.58. The fourth-order valence-electron chi connectivity index (χ4n) is 5.79. The van der Waals surface area contributed by atoms with Crippen LogP contribution >= 0.6 is 0 Å². The van der Waals surface area contributed by atoms with Crippen LogP contribution in [0.25, 0.3) is 0 Å². The molecule has 0 saturated carbocycles. The molecule has 3 aliphatic heterocycles. The van der Waals surface area contributed by atoms with Crippen LogP contribution in [0.3, 0.4) is 0 Å². The first-order chi connectivity index (χ1) is 17.8. The molecule has 2 saturated heterocycles. The second kappa shape index (κ2) is 10.5. The number of esters is 1. The number of aliphatic hydroxyl groups excluding tert-OH is 3. The average Bonchev–Trinajstić information content (AvgIpc) is 2.90. The molecule has 2 aromatic carbocycles. The van der Waals surface area contributed by atoms with Crippen LogP contribution in [-0.4, -0.2) is 87.6 Å². The standard InChI is InChI=1S/C27H33NO9/c1-35-25-20(30)16(12-28-9-7-15(8-10-28)11-14-5-3-2-4-6-14)18-19(22(25)32)24-26(37-27(18)34)23(33)21(31)17(13-29)36-24/h2-6,15,17,21,23-24,26,29-33H,7-13H2,1H3/t17-,21-,23+,24?,26?/m1/s1. The van der Waals surface area contributed by atoms with Gasteiger partial charge in [0.2, 0.25) is 5.75 Å². The number of phenols is 2. The Kier molecular flexibility index (Phi) is 7.28. The highest BCUT2D eigenvalue weighted by Crippen LogP contribution is 2.52. The monoisotopic (exact) mass is 515 g/mol. The summed E-state index contributed by atoms with van der Waals surface area (Å²) in [6.45, 7) is 1.13. The fourth-order valence-corrected chi connectivity index (χ4v) is 5.79. The van der Waals surface area contributed by atoms with Crippen LogP contribution in [0.5, 0.6) is 17.2 Å². The lowest BCUT2D eigenvalue weighted by atomic mass is 9.83. The molecule has 0 amide bonds. The molecule has 2 fully saturated rings. The summed E-state index contributed by atoms with van der Waals surface area (Å²) in [5.74, 6) is -1.41. The topological polar surface area (TPSA) is 149 Å². The van der Waals surface area contributed by atoms with Crippen molar-refractivity contribution in [3.8, 4) is 17.2 Å². The molecule has 0 radical (unpaired) electrons. The number of likely N-dealkylation sites (tertiary alicyclic amines) is 1. The van der Waals surface area contributed by atoms with Crippen LogP contribution in [0.15, 0.2) is 30.3 Å². The van der Waals surface area contributed by atoms with Gasteiger partial charge in [-0.2, -0.15) is 0 Å². The molecule has 0 aliphatic carbocycles. The average molecular weight is 516 g/mol. The number of ether oxygens (including phenoxy) is 3. The number of carbonyl (C=O) groups excluding carboxylic acids is 1. The zero-order valence-corrected chi connectivity index (χ0v) is 20.6. The number of hydrogen-bond acceptors (Lipinski definition) is 10. The predicted molar refractivity (Wildman–Crippen MR) is 130 cm³/mol. The number of nitrogens with zero attached hydrogens (tertiary/aromatic N) is 1. The van der Waals surface area contributed by atoms with Crippen molar-refractivity contribution >= 4 is 5.97 Å². The Morgan fingerprint density at radius 1 is 1.05 bits per heavy atom. The minimum absolute atomic E-state index is 0.00858. The van der Waals surface area contributed by atoms with Gasteiger partial charge in [0.25, 0.3) is 0 Å². The molecule has 10 heteroatoms. The summed E-state index contributed by atoms with van der Waals surface area (Å²) in [6.07, 6.45) is -3.77. The molecule has 0 bridgehead atoms. The molecule has 10 nitrogen and oxygen atoms in total. The number of hydrogen-bond donors (Lipinski definition) is 5. The molecule has 200 valence electrons. The second-order valence-electron chi connectivity index (χ2n) is 10.0. The first-order valence-electron chi connectivity index (χ1n) is 12.6. The normalized spacial score (nSPS) is 28.3. The SMILES string of the molecule is COc1c(O)c(CN2CCC(Cc3ccccc3)CC2)c2c(c1O)C1O[C@H](CO)[C@@H](O)[C@H](O)C1OC2=O. The van der Waals surface area contributed by atoms with Gasteiger partial charge in [-0.3, -0.25) is 4.90 Å². The molecule has 2 unspecified atom stereocenters. The largest absolute Gasteiger partial charge is 0.504 e. The van der Waals surface area contributed by atoms with E-state index >= 15 is 0 Å². The van der Waals surface area contributed by atoms with Crippen LogP contribution in [0.4, 0.5) is 0 Å². The van der Waals surface area contributed by atoms with Gasteiger partial charge >= 0.3 is 5.97 Å². The number of benzene rings is 2. The van der Waals surface area contributed by atoms with E-state index in [1.165, 1.54) is 12.7 Å². The van der Waals surface area contributed by atoms with Gasteiger partial charge in [0.05, 0.1) is 19.3 Å². The Morgan fingerprint density at radius 2 is 1.76 bits per heavy atom. The van der Waals surface area contributed by atoms with Crippen molar-refractivity contribution in [3.05, 3.63) is 52.6 Å². The first kappa shape index (κ1) is 25.7. The highest BCUT2D eigenvalue weighted by molar-refractivity contribution is 5.97. The number of piperidine rings is 1. The van der Waals surface area contributed by atoms with E-state index in [0.717, 1.165) is 32.4 Å². The smallest absolute Gasteiger partial charge is 0.339 e. The molecule has 0 aromatic heterocycles. The van der Waals surface area contributed by atoms with E-state index in [0.29, 0.717) is 5.92 Å². The Hall–Kier alpha value is -2.89. The number of methoxy groups -OCH3 is 1. The van der Waals surface area contributed by atoms with Crippen molar-refractivity contribution in [2.45, 2.75) is 56.3 Å². The maximum absolute atomic E-state index is 13.2. The summed E-state index contributed by atoms with van der Waals surface area (Å²) in [5, 5.41) is 52.5. The van der Waals surface area contributed by atoms with Crippen LogP contribution in [-0.2, 0) is 22.4 Å². The number of fused-ring (bicyclic) bond motifs is 3. The number of aliphatic hydroxyl groups is 3. The van der Waals surface area contributed by atoms with Crippen LogP contribution in [0.2, 0.25) is 0 Å². The van der Waals surface area contributed by atoms with Crippen molar-refractivity contribution in [2.24, 2.45) is 5.92 Å². The van der Waals surface area contributed by atoms with E-state index in [2.05, 4.69) is 17.0 Å². The van der Waals surface area contributed by atoms with E-state index in [1.807, 2.05) is 18.2 Å². The van der Waals surface area contributed by atoms with E-state index in [4.69, 9.17) is 14.2 Å². The van der Waals surface area contributed by atoms with Gasteiger partial charge in [-0.15, -0.1) is 0 Å². The molecule has 5 N–H and O–H groups in total. The van der Waals surface area contributed by atoms with E-state index in [-0.39, 0.29) is 34.7 Å². The molecule has 37 heavy (non-hydrogen) atoms. The maximum atomic E-state index is 13.2. The van der Waals surface area contributed by atoms with Crippen LogP contribution < -0.4 is 4.74 Å². The van der Waals surface area contributed by atoms with Crippen molar-refractivity contribution in [3.63, 3.8) is 0 Å². The van der Waals surface area contributed by atoms with Gasteiger partial charge in [-0.05, 0) is 43.8 Å². The molecular weight excluding hydrogens is 482 g/mol. The van der Waals surface area contributed by atoms with E-state index in [1.54, 1.807) is 0 Å². The molecule has 5 rings (SSSR count). The Morgan fingerprint density at radius 3 is 2.41 bits per heavy atom. The maximum Gasteiger partial charge on any atom is 0.339 e. The third-order valence-corrected chi connectivity index (χ3v) is 7.80. The summed E-state index contributed by atoms with van der Waals surface area (Å²) < 4.78 is 16.5. The van der Waals surface area contributed by atoms with Crippen LogP contribution in [0, 0.1) is 5.92 Å². The first-order valence-corrected chi connectivity index (χ1v) is 12.6. The third kappa shape index (κ3) is 4.64. The van der Waals surface area contributed by atoms with Gasteiger partial charge in [0, 0.05) is 17.7 Å². The number of aromatic hydroxyl groups is 2. The molecule has 3 aliphatic rings. The minimum Gasteiger partial charge on any atom is -0.504 e. The van der Waals surface area contributed by atoms with E-state index in [9.17, 15) is 30.3 Å². The lowest BCUT2D eigenvalue weighted by molar-refractivity contribution is -0.235. The van der Waals surface area contributed by atoms with Gasteiger partial charge in [-0.1, -0.05) is 30.3 Å². The van der Waals surface area contributed by atoms with E-state index < -0.39 is 48.8 Å². The quantitative estimate of drug-likeness (QED) is 0.356. The predicted octanol–water partition coefficient (Wildman–Crippen LogP) is 1.25. The van der Waals surface area contributed by atoms with Crippen molar-refractivity contribution < 1.29 is 44.5 Å². The summed E-state index contributed by atoms with van der Waals surface area (Å²) in [4.78, 5) is 15.3. The second-order valence-corrected chi connectivity index (χ2v) is 10.0. The molecular formula is C27H33NO9. The number of carbonyl (C=O) groups is 1. The summed E-state index contributed by atoms with van der Waals surface area (Å²) in [6, 6.07) is 10.3. The molecule has 2 aromatic rings. The summed E-state index contributed by atoms with van der Waals surface area (Å²) >= 11 is 0. The third-order valence-electron chi connectivity index (χ3n) is 7.80. The Balaban J connectivity index is 1.43. The highest BCUT2D eigenvalue weighted by Gasteiger charge is 2.53.